The Morgan fingerprint density at radius 3 is 2.43 bits per heavy atom. The molecular weight excluding hydrogens is 369 g/mol. The number of carbonyl (C=O) groups excluding carboxylic acids is 1. The number of nitrogens with zero attached hydrogens (tertiary/aromatic N) is 1. The quantitative estimate of drug-likeness (QED) is 0.805. The second-order valence-corrected chi connectivity index (χ2v) is 8.24. The summed E-state index contributed by atoms with van der Waals surface area (Å²) in [6.45, 7) is 2.13. The lowest BCUT2D eigenvalue weighted by molar-refractivity contribution is -0.137. The minimum atomic E-state index is -4.46. The maximum atomic E-state index is 13.3. The van der Waals surface area contributed by atoms with E-state index in [2.05, 4.69) is 10.2 Å². The van der Waals surface area contributed by atoms with Gasteiger partial charge in [0.1, 0.15) is 5.75 Å². The molecule has 1 aliphatic heterocycles. The Labute approximate surface area is 163 Å². The Morgan fingerprint density at radius 1 is 1.11 bits per heavy atom. The maximum absolute atomic E-state index is 13.3. The number of likely N-dealkylation sites (tertiary alicyclic amines) is 1. The van der Waals surface area contributed by atoms with Gasteiger partial charge in [-0.15, -0.1) is 0 Å². The first-order valence-electron chi connectivity index (χ1n) is 10.2. The van der Waals surface area contributed by atoms with Crippen LogP contribution in [0.2, 0.25) is 0 Å². The SMILES string of the molecule is COc1cc(C(F)(F)F)cc(C2CC2)c1C(=O)NC1CCCC1N1CCCC1. The normalized spacial score (nSPS) is 25.9. The third-order valence-corrected chi connectivity index (χ3v) is 6.33. The zero-order valence-corrected chi connectivity index (χ0v) is 16.1. The van der Waals surface area contributed by atoms with Crippen molar-refractivity contribution in [2.45, 2.75) is 69.1 Å². The van der Waals surface area contributed by atoms with Gasteiger partial charge in [0.25, 0.3) is 5.91 Å². The summed E-state index contributed by atoms with van der Waals surface area (Å²) in [7, 11) is 1.32. The van der Waals surface area contributed by atoms with Crippen LogP contribution in [0, 0.1) is 0 Å². The molecule has 2 aliphatic carbocycles. The molecule has 2 saturated carbocycles. The first kappa shape index (κ1) is 19.6. The molecule has 3 fully saturated rings. The topological polar surface area (TPSA) is 41.6 Å². The zero-order valence-electron chi connectivity index (χ0n) is 16.1. The summed E-state index contributed by atoms with van der Waals surface area (Å²) in [5.74, 6) is -0.275. The molecule has 2 atom stereocenters. The second-order valence-electron chi connectivity index (χ2n) is 8.24. The first-order chi connectivity index (χ1) is 13.4. The summed E-state index contributed by atoms with van der Waals surface area (Å²) >= 11 is 0. The summed E-state index contributed by atoms with van der Waals surface area (Å²) < 4.78 is 45.1. The number of benzene rings is 1. The molecule has 0 spiro atoms. The second kappa shape index (κ2) is 7.58. The number of hydrogen-bond donors (Lipinski definition) is 1. The largest absolute Gasteiger partial charge is 0.496 e. The molecule has 4 rings (SSSR count). The predicted molar refractivity (Wildman–Crippen MR) is 99.7 cm³/mol. The van der Waals surface area contributed by atoms with Crippen molar-refractivity contribution in [3.8, 4) is 5.75 Å². The average molecular weight is 396 g/mol. The van der Waals surface area contributed by atoms with E-state index in [1.165, 1.54) is 20.0 Å². The molecule has 1 N–H and O–H groups in total. The molecule has 1 amide bonds. The standard InChI is InChI=1S/C21H27F3N2O2/c1-28-18-12-14(21(22,23)24)11-15(13-7-8-13)19(18)20(27)25-16-5-4-6-17(16)26-9-2-3-10-26/h11-13,16-17H,2-10H2,1H3,(H,25,27). The fraction of sp³-hybridized carbons (Fsp3) is 0.667. The van der Waals surface area contributed by atoms with E-state index in [-0.39, 0.29) is 29.2 Å². The molecule has 1 saturated heterocycles. The average Bonchev–Trinajstić information content (AvgIpc) is 3.16. The van der Waals surface area contributed by atoms with E-state index in [4.69, 9.17) is 4.74 Å². The molecule has 1 heterocycles. The Balaban J connectivity index is 1.61. The summed E-state index contributed by atoms with van der Waals surface area (Å²) in [6, 6.07) is 2.47. The van der Waals surface area contributed by atoms with E-state index < -0.39 is 11.7 Å². The summed E-state index contributed by atoms with van der Waals surface area (Å²) in [5.41, 5.74) is 0.00331. The van der Waals surface area contributed by atoms with Crippen LogP contribution in [0.1, 0.15) is 72.3 Å². The number of rotatable bonds is 5. The van der Waals surface area contributed by atoms with Gasteiger partial charge in [-0.05, 0) is 81.6 Å². The number of hydrogen-bond acceptors (Lipinski definition) is 3. The van der Waals surface area contributed by atoms with Crippen molar-refractivity contribution < 1.29 is 22.7 Å². The van der Waals surface area contributed by atoms with Crippen LogP contribution in [0.15, 0.2) is 12.1 Å². The summed E-state index contributed by atoms with van der Waals surface area (Å²) in [5, 5.41) is 3.14. The minimum absolute atomic E-state index is 0.00917. The van der Waals surface area contributed by atoms with Crippen LogP contribution in [-0.4, -0.2) is 43.1 Å². The van der Waals surface area contributed by atoms with Crippen LogP contribution in [-0.2, 0) is 6.18 Å². The monoisotopic (exact) mass is 396 g/mol. The van der Waals surface area contributed by atoms with E-state index in [0.29, 0.717) is 11.6 Å². The van der Waals surface area contributed by atoms with Gasteiger partial charge in [0, 0.05) is 12.1 Å². The number of carbonyl (C=O) groups is 1. The molecule has 4 nitrogen and oxygen atoms in total. The molecule has 28 heavy (non-hydrogen) atoms. The van der Waals surface area contributed by atoms with Crippen molar-refractivity contribution in [1.29, 1.82) is 0 Å². The molecular formula is C21H27F3N2O2. The smallest absolute Gasteiger partial charge is 0.416 e. The van der Waals surface area contributed by atoms with Crippen molar-refractivity contribution in [3.63, 3.8) is 0 Å². The fourth-order valence-electron chi connectivity index (χ4n) is 4.78. The highest BCUT2D eigenvalue weighted by Crippen LogP contribution is 2.46. The van der Waals surface area contributed by atoms with Gasteiger partial charge in [0.15, 0.2) is 0 Å². The first-order valence-corrected chi connectivity index (χ1v) is 10.2. The van der Waals surface area contributed by atoms with Gasteiger partial charge in [-0.2, -0.15) is 13.2 Å². The molecule has 7 heteroatoms. The lowest BCUT2D eigenvalue weighted by atomic mass is 9.97. The molecule has 0 radical (unpaired) electrons. The van der Waals surface area contributed by atoms with E-state index in [1.807, 2.05) is 0 Å². The number of nitrogens with one attached hydrogen (secondary N) is 1. The van der Waals surface area contributed by atoms with Gasteiger partial charge < -0.3 is 10.1 Å². The Hall–Kier alpha value is -1.76. The van der Waals surface area contributed by atoms with Crippen molar-refractivity contribution in [2.75, 3.05) is 20.2 Å². The van der Waals surface area contributed by atoms with E-state index >= 15 is 0 Å². The van der Waals surface area contributed by atoms with Crippen LogP contribution in [0.25, 0.3) is 0 Å². The number of halogens is 3. The molecule has 2 unspecified atom stereocenters. The van der Waals surface area contributed by atoms with Crippen LogP contribution in [0.4, 0.5) is 13.2 Å². The van der Waals surface area contributed by atoms with Crippen LogP contribution in [0.3, 0.4) is 0 Å². The highest BCUT2D eigenvalue weighted by Gasteiger charge is 2.39. The highest BCUT2D eigenvalue weighted by atomic mass is 19.4. The minimum Gasteiger partial charge on any atom is -0.496 e. The van der Waals surface area contributed by atoms with Crippen LogP contribution < -0.4 is 10.1 Å². The van der Waals surface area contributed by atoms with Gasteiger partial charge >= 0.3 is 6.18 Å². The number of alkyl halides is 3. The van der Waals surface area contributed by atoms with E-state index in [9.17, 15) is 18.0 Å². The van der Waals surface area contributed by atoms with Crippen molar-refractivity contribution >= 4 is 5.91 Å². The highest BCUT2D eigenvalue weighted by molar-refractivity contribution is 5.99. The lowest BCUT2D eigenvalue weighted by Crippen LogP contribution is -2.48. The van der Waals surface area contributed by atoms with E-state index in [0.717, 1.165) is 57.3 Å². The zero-order chi connectivity index (χ0) is 19.9. The predicted octanol–water partition coefficient (Wildman–Crippen LogP) is 4.34. The van der Waals surface area contributed by atoms with Crippen molar-refractivity contribution in [2.24, 2.45) is 0 Å². The fourth-order valence-corrected chi connectivity index (χ4v) is 4.78. The van der Waals surface area contributed by atoms with Gasteiger partial charge in [-0.3, -0.25) is 9.69 Å². The van der Waals surface area contributed by atoms with E-state index in [1.54, 1.807) is 0 Å². The molecule has 154 valence electrons. The van der Waals surface area contributed by atoms with Gasteiger partial charge in [0.2, 0.25) is 0 Å². The number of ether oxygens (including phenoxy) is 1. The van der Waals surface area contributed by atoms with Crippen LogP contribution in [0.5, 0.6) is 5.75 Å². The van der Waals surface area contributed by atoms with Crippen molar-refractivity contribution in [3.05, 3.63) is 28.8 Å². The van der Waals surface area contributed by atoms with Gasteiger partial charge in [-0.1, -0.05) is 0 Å². The molecule has 0 bridgehead atoms. The molecule has 3 aliphatic rings. The Bertz CT molecular complexity index is 740. The van der Waals surface area contributed by atoms with Gasteiger partial charge in [-0.25, -0.2) is 0 Å². The molecule has 1 aromatic carbocycles. The Kier molecular flexibility index (Phi) is 5.29. The van der Waals surface area contributed by atoms with Crippen LogP contribution >= 0.6 is 0 Å². The van der Waals surface area contributed by atoms with Gasteiger partial charge in [0.05, 0.1) is 18.2 Å². The van der Waals surface area contributed by atoms with Crippen molar-refractivity contribution in [1.82, 2.24) is 10.2 Å². The third-order valence-electron chi connectivity index (χ3n) is 6.33. The number of amides is 1. The molecule has 0 aromatic heterocycles. The summed E-state index contributed by atoms with van der Waals surface area (Å²) in [6.07, 6.45) is 2.57. The lowest BCUT2D eigenvalue weighted by Gasteiger charge is -2.30. The Morgan fingerprint density at radius 2 is 1.82 bits per heavy atom. The number of methoxy groups -OCH3 is 1. The third kappa shape index (κ3) is 3.86. The molecule has 1 aromatic rings. The summed E-state index contributed by atoms with van der Waals surface area (Å²) in [4.78, 5) is 15.6. The maximum Gasteiger partial charge on any atom is 0.416 e.